The zero-order chi connectivity index (χ0) is 20.1. The summed E-state index contributed by atoms with van der Waals surface area (Å²) in [4.78, 5) is 10.2. The maximum absolute atomic E-state index is 13.9. The van der Waals surface area contributed by atoms with Crippen molar-refractivity contribution in [1.29, 1.82) is 0 Å². The molecule has 0 bridgehead atoms. The summed E-state index contributed by atoms with van der Waals surface area (Å²) in [6.07, 6.45) is 2.40. The molecule has 2 unspecified atom stereocenters. The van der Waals surface area contributed by atoms with Crippen LogP contribution in [-0.2, 0) is 0 Å². The first kappa shape index (κ1) is 20.0. The van der Waals surface area contributed by atoms with Crippen LogP contribution in [0.1, 0.15) is 24.8 Å². The molecule has 1 fully saturated rings. The number of anilines is 1. The number of aromatic nitrogens is 1. The maximum atomic E-state index is 13.9. The van der Waals surface area contributed by atoms with Gasteiger partial charge >= 0.3 is 0 Å². The van der Waals surface area contributed by atoms with E-state index in [-0.39, 0.29) is 17.8 Å². The largest absolute Gasteiger partial charge is 0.356 e. The van der Waals surface area contributed by atoms with Gasteiger partial charge in [-0.2, -0.15) is 0 Å². The normalized spacial score (nSPS) is 18.2. The van der Waals surface area contributed by atoms with Crippen molar-refractivity contribution in [3.05, 3.63) is 59.5 Å². The van der Waals surface area contributed by atoms with Crippen molar-refractivity contribution >= 4 is 11.8 Å². The van der Waals surface area contributed by atoms with Crippen molar-refractivity contribution in [1.82, 2.24) is 15.6 Å². The summed E-state index contributed by atoms with van der Waals surface area (Å²) in [7, 11) is 1.66. The van der Waals surface area contributed by atoms with Crippen molar-refractivity contribution in [3.8, 4) is 0 Å². The van der Waals surface area contributed by atoms with Gasteiger partial charge in [-0.25, -0.2) is 18.2 Å². The molecule has 28 heavy (non-hydrogen) atoms. The van der Waals surface area contributed by atoms with Gasteiger partial charge in [0.2, 0.25) is 0 Å². The molecule has 150 valence electrons. The van der Waals surface area contributed by atoms with E-state index < -0.39 is 11.6 Å². The van der Waals surface area contributed by atoms with Crippen LogP contribution < -0.4 is 15.5 Å². The molecule has 2 aromatic rings. The minimum absolute atomic E-state index is 0.0884. The van der Waals surface area contributed by atoms with E-state index in [1.54, 1.807) is 19.3 Å². The number of nitrogens with zero attached hydrogens (tertiary/aromatic N) is 3. The molecule has 0 spiro atoms. The second-order valence-corrected chi connectivity index (χ2v) is 6.90. The summed E-state index contributed by atoms with van der Waals surface area (Å²) in [5, 5.41) is 6.48. The van der Waals surface area contributed by atoms with Crippen LogP contribution in [0.2, 0.25) is 0 Å². The Labute approximate surface area is 162 Å². The van der Waals surface area contributed by atoms with E-state index in [9.17, 15) is 13.2 Å². The summed E-state index contributed by atoms with van der Waals surface area (Å²) in [6, 6.07) is 6.67. The first-order valence-electron chi connectivity index (χ1n) is 9.25. The summed E-state index contributed by atoms with van der Waals surface area (Å²) >= 11 is 0. The minimum atomic E-state index is -0.589. The second-order valence-electron chi connectivity index (χ2n) is 6.90. The van der Waals surface area contributed by atoms with Gasteiger partial charge in [0.1, 0.15) is 11.6 Å². The maximum Gasteiger partial charge on any atom is 0.191 e. The molecule has 2 heterocycles. The average Bonchev–Trinajstić information content (AvgIpc) is 3.13. The van der Waals surface area contributed by atoms with Gasteiger partial charge in [-0.3, -0.25) is 4.99 Å². The Bertz CT molecular complexity index is 842. The molecule has 0 radical (unpaired) electrons. The number of hydrogen-bond donors (Lipinski definition) is 2. The molecule has 0 saturated carbocycles. The van der Waals surface area contributed by atoms with Crippen molar-refractivity contribution in [2.75, 3.05) is 31.6 Å². The Balaban J connectivity index is 1.53. The summed E-state index contributed by atoms with van der Waals surface area (Å²) in [5.74, 6) is -0.699. The molecule has 3 rings (SSSR count). The molecule has 5 nitrogen and oxygen atoms in total. The van der Waals surface area contributed by atoms with Crippen LogP contribution in [0, 0.1) is 17.5 Å². The van der Waals surface area contributed by atoms with E-state index in [1.807, 2.05) is 11.8 Å². The number of pyridine rings is 1. The third kappa shape index (κ3) is 4.74. The van der Waals surface area contributed by atoms with Crippen molar-refractivity contribution < 1.29 is 13.2 Å². The number of benzene rings is 1. The van der Waals surface area contributed by atoms with E-state index in [4.69, 9.17) is 0 Å². The van der Waals surface area contributed by atoms with Crippen molar-refractivity contribution in [2.45, 2.75) is 25.3 Å². The third-order valence-electron chi connectivity index (χ3n) is 4.86. The average molecular weight is 391 g/mol. The molecule has 2 N–H and O–H groups in total. The zero-order valence-electron chi connectivity index (χ0n) is 15.9. The minimum Gasteiger partial charge on any atom is -0.356 e. The number of nitrogens with one attached hydrogen (secondary N) is 2. The molecule has 8 heteroatoms. The highest BCUT2D eigenvalue weighted by Gasteiger charge is 2.26. The molecule has 2 atom stereocenters. The fourth-order valence-electron chi connectivity index (χ4n) is 3.33. The van der Waals surface area contributed by atoms with Gasteiger partial charge in [0.25, 0.3) is 0 Å². The lowest BCUT2D eigenvalue weighted by atomic mass is 10.0. The Kier molecular flexibility index (Phi) is 6.38. The number of halogens is 3. The predicted octanol–water partition coefficient (Wildman–Crippen LogP) is 3.05. The van der Waals surface area contributed by atoms with Crippen LogP contribution in [-0.4, -0.2) is 43.7 Å². The van der Waals surface area contributed by atoms with E-state index in [0.717, 1.165) is 12.5 Å². The van der Waals surface area contributed by atoms with Crippen LogP contribution in [0.3, 0.4) is 0 Å². The number of aliphatic imine (C=N–C) groups is 1. The highest BCUT2D eigenvalue weighted by molar-refractivity contribution is 5.80. The Morgan fingerprint density at radius 3 is 2.82 bits per heavy atom. The molecule has 1 saturated heterocycles. The fourth-order valence-corrected chi connectivity index (χ4v) is 3.33. The van der Waals surface area contributed by atoms with Crippen LogP contribution in [0.4, 0.5) is 19.0 Å². The van der Waals surface area contributed by atoms with Crippen molar-refractivity contribution in [2.24, 2.45) is 4.99 Å². The smallest absolute Gasteiger partial charge is 0.191 e. The monoisotopic (exact) mass is 391 g/mol. The van der Waals surface area contributed by atoms with E-state index in [1.165, 1.54) is 18.2 Å². The third-order valence-corrected chi connectivity index (χ3v) is 4.86. The highest BCUT2D eigenvalue weighted by atomic mass is 19.1. The van der Waals surface area contributed by atoms with E-state index in [2.05, 4.69) is 20.6 Å². The number of guanidine groups is 1. The Morgan fingerprint density at radius 1 is 1.29 bits per heavy atom. The highest BCUT2D eigenvalue weighted by Crippen LogP contribution is 2.21. The summed E-state index contributed by atoms with van der Waals surface area (Å²) in [6.45, 7) is 3.60. The second kappa shape index (κ2) is 8.95. The SMILES string of the molecule is CN=C(NCC(C)c1ccc(F)cc1F)NC1CCN(c2ncccc2F)C1. The zero-order valence-corrected chi connectivity index (χ0v) is 15.9. The van der Waals surface area contributed by atoms with Gasteiger partial charge in [-0.05, 0) is 30.2 Å². The van der Waals surface area contributed by atoms with E-state index in [0.29, 0.717) is 37.0 Å². The lowest BCUT2D eigenvalue weighted by Crippen LogP contribution is -2.45. The van der Waals surface area contributed by atoms with Gasteiger partial charge in [-0.15, -0.1) is 0 Å². The van der Waals surface area contributed by atoms with Gasteiger partial charge in [0, 0.05) is 50.9 Å². The van der Waals surface area contributed by atoms with Gasteiger partial charge in [0.05, 0.1) is 0 Å². The van der Waals surface area contributed by atoms with Gasteiger partial charge < -0.3 is 15.5 Å². The molecular formula is C20H24F3N5. The lowest BCUT2D eigenvalue weighted by Gasteiger charge is -2.21. The Morgan fingerprint density at radius 2 is 2.11 bits per heavy atom. The first-order chi connectivity index (χ1) is 13.5. The predicted molar refractivity (Wildman–Crippen MR) is 104 cm³/mol. The molecule has 0 aliphatic carbocycles. The lowest BCUT2D eigenvalue weighted by molar-refractivity contribution is 0.554. The van der Waals surface area contributed by atoms with Crippen LogP contribution >= 0.6 is 0 Å². The molecule has 0 amide bonds. The first-order valence-corrected chi connectivity index (χ1v) is 9.25. The molecular weight excluding hydrogens is 367 g/mol. The van der Waals surface area contributed by atoms with E-state index >= 15 is 0 Å². The van der Waals surface area contributed by atoms with Crippen LogP contribution in [0.15, 0.2) is 41.5 Å². The number of hydrogen-bond acceptors (Lipinski definition) is 3. The summed E-state index contributed by atoms with van der Waals surface area (Å²) < 4.78 is 40.9. The Hall–Kier alpha value is -2.77. The summed E-state index contributed by atoms with van der Waals surface area (Å²) in [5.41, 5.74) is 0.446. The van der Waals surface area contributed by atoms with Crippen molar-refractivity contribution in [3.63, 3.8) is 0 Å². The fraction of sp³-hybridized carbons (Fsp3) is 0.400. The standard InChI is InChI=1S/C20H24F3N5/c1-13(16-6-5-14(21)10-18(16)23)11-26-20(24-2)27-15-7-9-28(12-15)19-17(22)4-3-8-25-19/h3-6,8,10,13,15H,7,9,11-12H2,1-2H3,(H2,24,26,27). The quantitative estimate of drug-likeness (QED) is 0.608. The molecule has 1 aliphatic rings. The molecule has 1 aromatic heterocycles. The van der Waals surface area contributed by atoms with Crippen LogP contribution in [0.5, 0.6) is 0 Å². The van der Waals surface area contributed by atoms with Crippen LogP contribution in [0.25, 0.3) is 0 Å². The van der Waals surface area contributed by atoms with Gasteiger partial charge in [0.15, 0.2) is 17.6 Å². The molecule has 1 aromatic carbocycles. The topological polar surface area (TPSA) is 52.6 Å². The number of rotatable bonds is 5. The molecule has 1 aliphatic heterocycles. The van der Waals surface area contributed by atoms with Gasteiger partial charge in [-0.1, -0.05) is 13.0 Å².